The van der Waals surface area contributed by atoms with Crippen LogP contribution in [-0.4, -0.2) is 37.1 Å². The molecule has 3 atom stereocenters. The van der Waals surface area contributed by atoms with E-state index in [4.69, 9.17) is 0 Å². The molecule has 0 bridgehead atoms. The van der Waals surface area contributed by atoms with Gasteiger partial charge in [0.2, 0.25) is 0 Å². The minimum Gasteiger partial charge on any atom is -0.303 e. The summed E-state index contributed by atoms with van der Waals surface area (Å²) in [6, 6.07) is 2.92. The molecule has 0 aromatic rings. The summed E-state index contributed by atoms with van der Waals surface area (Å²) in [7, 11) is 4.01. The summed E-state index contributed by atoms with van der Waals surface area (Å²) >= 11 is 0. The molecule has 0 aromatic heterocycles. The minimum atomic E-state index is -0.314. The van der Waals surface area contributed by atoms with E-state index in [1.807, 2.05) is 7.05 Å². The zero-order chi connectivity index (χ0) is 10.1. The van der Waals surface area contributed by atoms with Crippen LogP contribution in [0.5, 0.6) is 0 Å². The Morgan fingerprint density at radius 2 is 2.15 bits per heavy atom. The number of hydrogen-bond acceptors (Lipinski definition) is 3. The fourth-order valence-electron chi connectivity index (χ4n) is 2.15. The Labute approximate surface area is 80.7 Å². The zero-order valence-corrected chi connectivity index (χ0v) is 8.96. The molecule has 1 N–H and O–H groups in total. The number of likely N-dealkylation sites (tertiary alicyclic amines) is 1. The van der Waals surface area contributed by atoms with Crippen LogP contribution in [0.4, 0.5) is 0 Å². The van der Waals surface area contributed by atoms with Crippen molar-refractivity contribution >= 4 is 0 Å². The van der Waals surface area contributed by atoms with Crippen LogP contribution in [0.15, 0.2) is 0 Å². The third-order valence-corrected chi connectivity index (χ3v) is 3.42. The third-order valence-electron chi connectivity index (χ3n) is 3.42. The van der Waals surface area contributed by atoms with Gasteiger partial charge in [0.05, 0.1) is 6.07 Å². The SMILES string of the molecule is CNC1(C#N)CC(C)N(C)CC1C. The van der Waals surface area contributed by atoms with Gasteiger partial charge >= 0.3 is 0 Å². The molecule has 3 heteroatoms. The first-order valence-corrected chi connectivity index (χ1v) is 4.86. The average molecular weight is 181 g/mol. The van der Waals surface area contributed by atoms with Crippen LogP contribution in [0, 0.1) is 17.2 Å². The highest BCUT2D eigenvalue weighted by molar-refractivity contribution is 5.13. The van der Waals surface area contributed by atoms with Crippen LogP contribution in [0.25, 0.3) is 0 Å². The molecule has 1 heterocycles. The second kappa shape index (κ2) is 3.65. The smallest absolute Gasteiger partial charge is 0.111 e. The fourth-order valence-corrected chi connectivity index (χ4v) is 2.15. The maximum Gasteiger partial charge on any atom is 0.111 e. The molecule has 0 radical (unpaired) electrons. The Kier molecular flexibility index (Phi) is 2.94. The largest absolute Gasteiger partial charge is 0.303 e. The molecule has 0 spiro atoms. The van der Waals surface area contributed by atoms with Crippen LogP contribution >= 0.6 is 0 Å². The number of nitrogens with one attached hydrogen (secondary N) is 1. The van der Waals surface area contributed by atoms with E-state index in [2.05, 4.69) is 37.2 Å². The van der Waals surface area contributed by atoms with Crippen LogP contribution in [-0.2, 0) is 0 Å². The number of nitrogens with zero attached hydrogens (tertiary/aromatic N) is 2. The lowest BCUT2D eigenvalue weighted by atomic mass is 9.77. The van der Waals surface area contributed by atoms with Crippen molar-refractivity contribution < 1.29 is 0 Å². The monoisotopic (exact) mass is 181 g/mol. The zero-order valence-electron chi connectivity index (χ0n) is 8.96. The Hall–Kier alpha value is -0.590. The summed E-state index contributed by atoms with van der Waals surface area (Å²) in [6.45, 7) is 5.31. The lowest BCUT2D eigenvalue weighted by Gasteiger charge is -2.44. The second-order valence-electron chi connectivity index (χ2n) is 4.23. The fraction of sp³-hybridized carbons (Fsp3) is 0.900. The van der Waals surface area contributed by atoms with Gasteiger partial charge in [-0.2, -0.15) is 5.26 Å². The first-order chi connectivity index (χ1) is 6.05. The highest BCUT2D eigenvalue weighted by atomic mass is 15.2. The highest BCUT2D eigenvalue weighted by Gasteiger charge is 2.41. The van der Waals surface area contributed by atoms with E-state index in [0.29, 0.717) is 12.0 Å². The lowest BCUT2D eigenvalue weighted by molar-refractivity contribution is 0.0915. The van der Waals surface area contributed by atoms with Gasteiger partial charge in [-0.3, -0.25) is 0 Å². The van der Waals surface area contributed by atoms with E-state index < -0.39 is 0 Å². The molecule has 1 fully saturated rings. The molecule has 74 valence electrons. The van der Waals surface area contributed by atoms with E-state index in [0.717, 1.165) is 13.0 Å². The molecular formula is C10H19N3. The second-order valence-corrected chi connectivity index (χ2v) is 4.23. The molecule has 0 saturated carbocycles. The maximum atomic E-state index is 9.18. The molecule has 13 heavy (non-hydrogen) atoms. The molecule has 3 nitrogen and oxygen atoms in total. The summed E-state index contributed by atoms with van der Waals surface area (Å²) in [5.74, 6) is 0.392. The van der Waals surface area contributed by atoms with E-state index in [1.165, 1.54) is 0 Å². The highest BCUT2D eigenvalue weighted by Crippen LogP contribution is 2.29. The van der Waals surface area contributed by atoms with Gasteiger partial charge in [0.15, 0.2) is 0 Å². The summed E-state index contributed by atoms with van der Waals surface area (Å²) in [4.78, 5) is 2.32. The van der Waals surface area contributed by atoms with Crippen LogP contribution in [0.3, 0.4) is 0 Å². The van der Waals surface area contributed by atoms with Crippen molar-refractivity contribution in [2.24, 2.45) is 5.92 Å². The Bertz CT molecular complexity index is 221. The predicted octanol–water partition coefficient (Wildman–Crippen LogP) is 0.828. The van der Waals surface area contributed by atoms with Gasteiger partial charge in [0.1, 0.15) is 5.54 Å². The molecule has 1 aliphatic rings. The topological polar surface area (TPSA) is 39.1 Å². The predicted molar refractivity (Wildman–Crippen MR) is 53.3 cm³/mol. The maximum absolute atomic E-state index is 9.18. The van der Waals surface area contributed by atoms with Gasteiger partial charge < -0.3 is 10.2 Å². The van der Waals surface area contributed by atoms with Crippen molar-refractivity contribution in [1.82, 2.24) is 10.2 Å². The number of hydrogen-bond donors (Lipinski definition) is 1. The molecule has 1 aliphatic heterocycles. The van der Waals surface area contributed by atoms with Crippen molar-refractivity contribution in [1.29, 1.82) is 5.26 Å². The Morgan fingerprint density at radius 3 is 2.62 bits per heavy atom. The molecule has 0 aliphatic carbocycles. The lowest BCUT2D eigenvalue weighted by Crippen LogP contribution is -2.59. The Balaban J connectivity index is 2.82. The summed E-state index contributed by atoms with van der Waals surface area (Å²) in [5, 5.41) is 12.4. The Morgan fingerprint density at radius 1 is 1.54 bits per heavy atom. The van der Waals surface area contributed by atoms with Crippen molar-refractivity contribution in [3.05, 3.63) is 0 Å². The summed E-state index contributed by atoms with van der Waals surface area (Å²) in [6.07, 6.45) is 0.914. The standard InChI is InChI=1S/C10H19N3/c1-8-6-13(4)9(2)5-10(8,7-11)12-3/h8-9,12H,5-6H2,1-4H3. The average Bonchev–Trinajstić information content (AvgIpc) is 2.12. The van der Waals surface area contributed by atoms with E-state index in [1.54, 1.807) is 0 Å². The first-order valence-electron chi connectivity index (χ1n) is 4.86. The van der Waals surface area contributed by atoms with Crippen LogP contribution in [0.2, 0.25) is 0 Å². The van der Waals surface area contributed by atoms with Gasteiger partial charge in [-0.1, -0.05) is 6.92 Å². The third kappa shape index (κ3) is 1.70. The number of nitriles is 1. The van der Waals surface area contributed by atoms with Gasteiger partial charge in [0.25, 0.3) is 0 Å². The van der Waals surface area contributed by atoms with Crippen LogP contribution < -0.4 is 5.32 Å². The van der Waals surface area contributed by atoms with Crippen molar-refractivity contribution in [2.45, 2.75) is 31.8 Å². The molecular weight excluding hydrogens is 162 g/mol. The van der Waals surface area contributed by atoms with Gasteiger partial charge in [-0.15, -0.1) is 0 Å². The van der Waals surface area contributed by atoms with E-state index in [-0.39, 0.29) is 5.54 Å². The first kappa shape index (κ1) is 10.5. The minimum absolute atomic E-state index is 0.314. The van der Waals surface area contributed by atoms with Crippen LogP contribution in [0.1, 0.15) is 20.3 Å². The molecule has 1 saturated heterocycles. The number of piperidine rings is 1. The number of rotatable bonds is 1. The van der Waals surface area contributed by atoms with Crippen molar-refractivity contribution in [2.75, 3.05) is 20.6 Å². The quantitative estimate of drug-likeness (QED) is 0.651. The van der Waals surface area contributed by atoms with Gasteiger partial charge in [-0.05, 0) is 27.4 Å². The normalized spacial score (nSPS) is 41.5. The van der Waals surface area contributed by atoms with E-state index >= 15 is 0 Å². The molecule has 0 amide bonds. The van der Waals surface area contributed by atoms with E-state index in [9.17, 15) is 5.26 Å². The van der Waals surface area contributed by atoms with Gasteiger partial charge in [0, 0.05) is 18.5 Å². The molecule has 0 aromatic carbocycles. The summed E-state index contributed by atoms with van der Waals surface area (Å²) < 4.78 is 0. The molecule has 1 rings (SSSR count). The van der Waals surface area contributed by atoms with Crippen molar-refractivity contribution in [3.63, 3.8) is 0 Å². The van der Waals surface area contributed by atoms with Gasteiger partial charge in [-0.25, -0.2) is 0 Å². The summed E-state index contributed by atoms with van der Waals surface area (Å²) in [5.41, 5.74) is -0.314. The molecule has 3 unspecified atom stereocenters. The van der Waals surface area contributed by atoms with Crippen molar-refractivity contribution in [3.8, 4) is 6.07 Å².